The second-order valence-electron chi connectivity index (χ2n) is 4.56. The third-order valence-electron chi connectivity index (χ3n) is 2.86. The molecular weight excluding hydrogens is 200 g/mol. The number of hydrogen-bond acceptors (Lipinski definition) is 3. The summed E-state index contributed by atoms with van der Waals surface area (Å²) in [5.41, 5.74) is 0. The highest BCUT2D eigenvalue weighted by atomic mass is 32.2. The standard InChI is InChI=1S/C9H18N2O2S/c1-7-4-8(6-10-5-7)11-14(12,13)9-2-3-9/h7-11H,2-6H2,1H3. The van der Waals surface area contributed by atoms with Crippen LogP contribution < -0.4 is 10.0 Å². The lowest BCUT2D eigenvalue weighted by Crippen LogP contribution is -2.49. The van der Waals surface area contributed by atoms with Crippen LogP contribution in [0.25, 0.3) is 0 Å². The molecular formula is C9H18N2O2S. The fourth-order valence-electron chi connectivity index (χ4n) is 1.95. The number of sulfonamides is 1. The maximum atomic E-state index is 11.6. The van der Waals surface area contributed by atoms with Gasteiger partial charge in [0.25, 0.3) is 0 Å². The lowest BCUT2D eigenvalue weighted by atomic mass is 9.99. The molecule has 0 radical (unpaired) electrons. The topological polar surface area (TPSA) is 58.2 Å². The maximum Gasteiger partial charge on any atom is 0.214 e. The van der Waals surface area contributed by atoms with Crippen molar-refractivity contribution in [2.45, 2.75) is 37.5 Å². The average Bonchev–Trinajstić information content (AvgIpc) is 2.84. The SMILES string of the molecule is CC1CNCC(NS(=O)(=O)C2CC2)C1. The normalized spacial score (nSPS) is 34.4. The Morgan fingerprint density at radius 1 is 1.29 bits per heavy atom. The van der Waals surface area contributed by atoms with Crippen molar-refractivity contribution in [1.29, 1.82) is 0 Å². The summed E-state index contributed by atoms with van der Waals surface area (Å²) in [6.45, 7) is 3.92. The molecule has 0 bridgehead atoms. The second kappa shape index (κ2) is 3.79. The quantitative estimate of drug-likeness (QED) is 0.704. The summed E-state index contributed by atoms with van der Waals surface area (Å²) in [7, 11) is -3.00. The molecule has 2 aliphatic rings. The van der Waals surface area contributed by atoms with Crippen LogP contribution >= 0.6 is 0 Å². The van der Waals surface area contributed by atoms with E-state index in [0.29, 0.717) is 5.92 Å². The summed E-state index contributed by atoms with van der Waals surface area (Å²) in [5.74, 6) is 0.565. The van der Waals surface area contributed by atoms with Gasteiger partial charge in [0.05, 0.1) is 5.25 Å². The summed E-state index contributed by atoms with van der Waals surface area (Å²) in [6, 6.07) is 0.101. The molecule has 14 heavy (non-hydrogen) atoms. The van der Waals surface area contributed by atoms with Gasteiger partial charge in [0.2, 0.25) is 10.0 Å². The molecule has 82 valence electrons. The van der Waals surface area contributed by atoms with E-state index in [1.54, 1.807) is 0 Å². The summed E-state index contributed by atoms with van der Waals surface area (Å²) >= 11 is 0. The Kier molecular flexibility index (Phi) is 2.81. The Hall–Kier alpha value is -0.130. The minimum atomic E-state index is -3.00. The van der Waals surface area contributed by atoms with E-state index in [2.05, 4.69) is 17.0 Å². The summed E-state index contributed by atoms with van der Waals surface area (Å²) < 4.78 is 26.1. The van der Waals surface area contributed by atoms with E-state index in [1.807, 2.05) is 0 Å². The van der Waals surface area contributed by atoms with Crippen LogP contribution in [0.4, 0.5) is 0 Å². The lowest BCUT2D eigenvalue weighted by Gasteiger charge is -2.28. The van der Waals surface area contributed by atoms with Crippen LogP contribution in [0.3, 0.4) is 0 Å². The van der Waals surface area contributed by atoms with Crippen molar-refractivity contribution < 1.29 is 8.42 Å². The van der Waals surface area contributed by atoms with Crippen molar-refractivity contribution in [2.75, 3.05) is 13.1 Å². The van der Waals surface area contributed by atoms with Crippen LogP contribution in [0.5, 0.6) is 0 Å². The van der Waals surface area contributed by atoms with E-state index in [0.717, 1.165) is 32.4 Å². The molecule has 2 fully saturated rings. The minimum Gasteiger partial charge on any atom is -0.315 e. The van der Waals surface area contributed by atoms with E-state index in [9.17, 15) is 8.42 Å². The van der Waals surface area contributed by atoms with Crippen LogP contribution in [0.15, 0.2) is 0 Å². The highest BCUT2D eigenvalue weighted by Gasteiger charge is 2.37. The molecule has 1 heterocycles. The molecule has 0 aromatic heterocycles. The van der Waals surface area contributed by atoms with E-state index >= 15 is 0 Å². The van der Waals surface area contributed by atoms with Crippen LogP contribution in [0.2, 0.25) is 0 Å². The van der Waals surface area contributed by atoms with E-state index in [1.165, 1.54) is 0 Å². The molecule has 2 unspecified atom stereocenters. The van der Waals surface area contributed by atoms with E-state index < -0.39 is 10.0 Å². The fraction of sp³-hybridized carbons (Fsp3) is 1.00. The van der Waals surface area contributed by atoms with Crippen molar-refractivity contribution in [1.82, 2.24) is 10.0 Å². The Morgan fingerprint density at radius 2 is 2.00 bits per heavy atom. The molecule has 0 aromatic rings. The molecule has 4 nitrogen and oxygen atoms in total. The molecule has 1 aliphatic carbocycles. The Balaban J connectivity index is 1.90. The molecule has 0 amide bonds. The van der Waals surface area contributed by atoms with Crippen molar-refractivity contribution in [3.63, 3.8) is 0 Å². The predicted molar refractivity (Wildman–Crippen MR) is 55.5 cm³/mol. The third kappa shape index (κ3) is 2.46. The average molecular weight is 218 g/mol. The molecule has 0 aromatic carbocycles. The van der Waals surface area contributed by atoms with Gasteiger partial charge >= 0.3 is 0 Å². The maximum absolute atomic E-state index is 11.6. The first-order valence-corrected chi connectivity index (χ1v) is 6.84. The van der Waals surface area contributed by atoms with Crippen molar-refractivity contribution >= 4 is 10.0 Å². The first-order chi connectivity index (χ1) is 6.58. The van der Waals surface area contributed by atoms with Crippen molar-refractivity contribution in [3.8, 4) is 0 Å². The highest BCUT2D eigenvalue weighted by molar-refractivity contribution is 7.90. The molecule has 5 heteroatoms. The van der Waals surface area contributed by atoms with Gasteiger partial charge in [-0.2, -0.15) is 0 Å². The van der Waals surface area contributed by atoms with Gasteiger partial charge in [-0.05, 0) is 31.7 Å². The number of nitrogens with one attached hydrogen (secondary N) is 2. The zero-order valence-electron chi connectivity index (χ0n) is 8.49. The zero-order chi connectivity index (χ0) is 10.2. The van der Waals surface area contributed by atoms with Gasteiger partial charge in [0.1, 0.15) is 0 Å². The van der Waals surface area contributed by atoms with Gasteiger partial charge in [0, 0.05) is 12.6 Å². The fourth-order valence-corrected chi connectivity index (χ4v) is 3.55. The van der Waals surface area contributed by atoms with Gasteiger partial charge in [-0.15, -0.1) is 0 Å². The van der Waals surface area contributed by atoms with Crippen molar-refractivity contribution in [2.24, 2.45) is 5.92 Å². The molecule has 0 spiro atoms. The largest absolute Gasteiger partial charge is 0.315 e. The molecule has 2 rings (SSSR count). The molecule has 2 N–H and O–H groups in total. The Bertz CT molecular complexity index is 298. The third-order valence-corrected chi connectivity index (χ3v) is 4.88. The monoisotopic (exact) mass is 218 g/mol. The zero-order valence-corrected chi connectivity index (χ0v) is 9.31. The molecule has 2 atom stereocenters. The molecule has 1 aliphatic heterocycles. The van der Waals surface area contributed by atoms with Crippen molar-refractivity contribution in [3.05, 3.63) is 0 Å². The summed E-state index contributed by atoms with van der Waals surface area (Å²) in [6.07, 6.45) is 2.63. The molecule has 1 saturated heterocycles. The second-order valence-corrected chi connectivity index (χ2v) is 6.55. The summed E-state index contributed by atoms with van der Waals surface area (Å²) in [5, 5.41) is 3.14. The summed E-state index contributed by atoms with van der Waals surface area (Å²) in [4.78, 5) is 0. The van der Waals surface area contributed by atoms with Crippen LogP contribution in [-0.4, -0.2) is 32.8 Å². The van der Waals surface area contributed by atoms with E-state index in [-0.39, 0.29) is 11.3 Å². The van der Waals surface area contributed by atoms with Crippen LogP contribution in [0.1, 0.15) is 26.2 Å². The van der Waals surface area contributed by atoms with Crippen LogP contribution in [0, 0.1) is 5.92 Å². The first kappa shape index (κ1) is 10.4. The smallest absolute Gasteiger partial charge is 0.214 e. The Labute approximate surface area is 85.5 Å². The predicted octanol–water partition coefficient (Wildman–Crippen LogP) is 0.0662. The van der Waals surface area contributed by atoms with Gasteiger partial charge < -0.3 is 5.32 Å². The van der Waals surface area contributed by atoms with Gasteiger partial charge in [-0.25, -0.2) is 13.1 Å². The molecule has 1 saturated carbocycles. The highest BCUT2D eigenvalue weighted by Crippen LogP contribution is 2.28. The van der Waals surface area contributed by atoms with Gasteiger partial charge in [-0.1, -0.05) is 6.92 Å². The number of hydrogen-bond donors (Lipinski definition) is 2. The Morgan fingerprint density at radius 3 is 2.57 bits per heavy atom. The first-order valence-electron chi connectivity index (χ1n) is 5.30. The van der Waals surface area contributed by atoms with Crippen LogP contribution in [-0.2, 0) is 10.0 Å². The van der Waals surface area contributed by atoms with E-state index in [4.69, 9.17) is 0 Å². The number of rotatable bonds is 3. The van der Waals surface area contributed by atoms with Gasteiger partial charge in [-0.3, -0.25) is 0 Å². The minimum absolute atomic E-state index is 0.0975. The number of piperidine rings is 1. The lowest BCUT2D eigenvalue weighted by molar-refractivity contribution is 0.346. The van der Waals surface area contributed by atoms with Gasteiger partial charge in [0.15, 0.2) is 0 Å².